The van der Waals surface area contributed by atoms with Crippen LogP contribution in [-0.2, 0) is 14.8 Å². The Hall–Kier alpha value is -2.22. The molecule has 1 saturated heterocycles. The summed E-state index contributed by atoms with van der Waals surface area (Å²) in [5.74, 6) is -0.211. The molecule has 0 atom stereocenters. The molecule has 2 aromatic rings. The zero-order valence-corrected chi connectivity index (χ0v) is 16.9. The van der Waals surface area contributed by atoms with Gasteiger partial charge in [0.2, 0.25) is 10.0 Å². The Labute approximate surface area is 169 Å². The summed E-state index contributed by atoms with van der Waals surface area (Å²) in [4.78, 5) is 17.4. The zero-order chi connectivity index (χ0) is 19.9. The number of rotatable bonds is 3. The van der Waals surface area contributed by atoms with Crippen molar-refractivity contribution in [3.8, 4) is 0 Å². The van der Waals surface area contributed by atoms with E-state index in [-0.39, 0.29) is 23.9 Å². The lowest BCUT2D eigenvalue weighted by Crippen LogP contribution is -2.52. The van der Waals surface area contributed by atoms with E-state index in [1.165, 1.54) is 16.4 Å². The maximum Gasteiger partial charge on any atom is 0.272 e. The largest absolute Gasteiger partial charge is 0.326 e. The highest BCUT2D eigenvalue weighted by atomic mass is 35.5. The van der Waals surface area contributed by atoms with E-state index in [0.29, 0.717) is 23.6 Å². The van der Waals surface area contributed by atoms with Crippen molar-refractivity contribution >= 4 is 33.2 Å². The lowest BCUT2D eigenvalue weighted by molar-refractivity contribution is -0.115. The second-order valence-corrected chi connectivity index (χ2v) is 9.55. The van der Waals surface area contributed by atoms with Gasteiger partial charge in [0, 0.05) is 36.5 Å². The van der Waals surface area contributed by atoms with E-state index < -0.39 is 15.7 Å². The van der Waals surface area contributed by atoms with Crippen molar-refractivity contribution in [1.29, 1.82) is 0 Å². The minimum absolute atomic E-state index is 0.176. The molecule has 28 heavy (non-hydrogen) atoms. The van der Waals surface area contributed by atoms with Gasteiger partial charge in [-0.05, 0) is 31.2 Å². The molecule has 6 nitrogen and oxygen atoms in total. The van der Waals surface area contributed by atoms with Crippen LogP contribution in [-0.4, -0.2) is 43.1 Å². The van der Waals surface area contributed by atoms with Crippen LogP contribution >= 0.6 is 11.6 Å². The Morgan fingerprint density at radius 2 is 1.82 bits per heavy atom. The summed E-state index contributed by atoms with van der Waals surface area (Å²) in [6.07, 6.45) is 0.849. The van der Waals surface area contributed by atoms with Gasteiger partial charge < -0.3 is 5.32 Å². The van der Waals surface area contributed by atoms with Gasteiger partial charge in [0.15, 0.2) is 0 Å². The summed E-state index contributed by atoms with van der Waals surface area (Å²) in [5, 5.41) is 3.35. The number of aryl methyl sites for hydroxylation is 1. The van der Waals surface area contributed by atoms with Gasteiger partial charge in [0.25, 0.3) is 5.91 Å². The smallest absolute Gasteiger partial charge is 0.272 e. The first kappa shape index (κ1) is 19.1. The van der Waals surface area contributed by atoms with Crippen LogP contribution in [0.4, 0.5) is 0 Å². The van der Waals surface area contributed by atoms with Crippen molar-refractivity contribution in [2.75, 3.05) is 13.1 Å². The molecule has 1 fully saturated rings. The summed E-state index contributed by atoms with van der Waals surface area (Å²) in [6, 6.07) is 13.9. The quantitative estimate of drug-likeness (QED) is 0.833. The summed E-state index contributed by atoms with van der Waals surface area (Å²) in [7, 11) is -3.63. The van der Waals surface area contributed by atoms with Crippen molar-refractivity contribution in [3.63, 3.8) is 0 Å². The summed E-state index contributed by atoms with van der Waals surface area (Å²) < 4.78 is 27.2. The molecule has 2 heterocycles. The molecule has 2 aliphatic rings. The molecule has 0 unspecified atom stereocenters. The number of piperidine rings is 1. The van der Waals surface area contributed by atoms with Gasteiger partial charge >= 0.3 is 0 Å². The Bertz CT molecular complexity index is 1070. The molecule has 0 saturated carbocycles. The Morgan fingerprint density at radius 1 is 1.11 bits per heavy atom. The number of hydrogen-bond donors (Lipinski definition) is 1. The van der Waals surface area contributed by atoms with Crippen molar-refractivity contribution in [3.05, 3.63) is 64.7 Å². The first-order chi connectivity index (χ1) is 13.3. The van der Waals surface area contributed by atoms with E-state index in [9.17, 15) is 13.2 Å². The van der Waals surface area contributed by atoms with Crippen molar-refractivity contribution in [2.24, 2.45) is 4.99 Å². The lowest BCUT2D eigenvalue weighted by Gasteiger charge is -2.36. The molecule has 8 heteroatoms. The van der Waals surface area contributed by atoms with Gasteiger partial charge in [0.1, 0.15) is 11.4 Å². The number of carbonyl (C=O) groups is 1. The molecule has 0 radical (unpaired) electrons. The molecule has 146 valence electrons. The van der Waals surface area contributed by atoms with Crippen LogP contribution in [0.1, 0.15) is 24.0 Å². The van der Waals surface area contributed by atoms with Crippen LogP contribution in [0.15, 0.2) is 58.4 Å². The second-order valence-electron chi connectivity index (χ2n) is 7.18. The van der Waals surface area contributed by atoms with Crippen molar-refractivity contribution in [2.45, 2.75) is 30.3 Å². The van der Waals surface area contributed by atoms with Crippen LogP contribution in [0, 0.1) is 6.92 Å². The third kappa shape index (κ3) is 3.45. The molecular weight excluding hydrogens is 398 g/mol. The van der Waals surface area contributed by atoms with E-state index in [1.807, 2.05) is 31.2 Å². The fourth-order valence-electron chi connectivity index (χ4n) is 3.66. The van der Waals surface area contributed by atoms with E-state index in [4.69, 9.17) is 11.6 Å². The highest BCUT2D eigenvalue weighted by Crippen LogP contribution is 2.31. The predicted molar refractivity (Wildman–Crippen MR) is 108 cm³/mol. The number of aliphatic imine (C=N–C) groups is 1. The molecule has 0 aliphatic carbocycles. The zero-order valence-electron chi connectivity index (χ0n) is 15.4. The molecule has 1 N–H and O–H groups in total. The van der Waals surface area contributed by atoms with Crippen LogP contribution < -0.4 is 5.32 Å². The third-order valence-corrected chi connectivity index (χ3v) is 7.29. The molecule has 1 amide bonds. The third-order valence-electron chi connectivity index (χ3n) is 5.16. The van der Waals surface area contributed by atoms with Crippen molar-refractivity contribution < 1.29 is 13.2 Å². The maximum atomic E-state index is 12.9. The Kier molecular flexibility index (Phi) is 4.77. The van der Waals surface area contributed by atoms with Gasteiger partial charge in [0.05, 0.1) is 4.90 Å². The van der Waals surface area contributed by atoms with E-state index in [0.717, 1.165) is 11.1 Å². The summed E-state index contributed by atoms with van der Waals surface area (Å²) in [5.41, 5.74) is 1.51. The number of sulfonamides is 1. The van der Waals surface area contributed by atoms with E-state index in [1.54, 1.807) is 12.1 Å². The van der Waals surface area contributed by atoms with Gasteiger partial charge in [-0.3, -0.25) is 9.79 Å². The SMILES string of the molecule is Cc1cccc(C2=NC3(CCN(S(=O)(=O)c4cccc(Cl)c4)CC3)NC2=O)c1. The molecule has 0 bridgehead atoms. The van der Waals surface area contributed by atoms with Crippen LogP contribution in [0.3, 0.4) is 0 Å². The Balaban J connectivity index is 1.55. The average molecular weight is 418 g/mol. The normalized spacial score (nSPS) is 19.5. The monoisotopic (exact) mass is 417 g/mol. The fourth-order valence-corrected chi connectivity index (χ4v) is 5.40. The molecule has 2 aliphatic heterocycles. The van der Waals surface area contributed by atoms with Gasteiger partial charge in [-0.25, -0.2) is 8.42 Å². The Morgan fingerprint density at radius 3 is 2.50 bits per heavy atom. The number of hydrogen-bond acceptors (Lipinski definition) is 4. The van der Waals surface area contributed by atoms with Crippen LogP contribution in [0.25, 0.3) is 0 Å². The first-order valence-electron chi connectivity index (χ1n) is 9.04. The van der Waals surface area contributed by atoms with Crippen molar-refractivity contribution in [1.82, 2.24) is 9.62 Å². The number of nitrogens with zero attached hydrogens (tertiary/aromatic N) is 2. The van der Waals surface area contributed by atoms with Crippen LogP contribution in [0.2, 0.25) is 5.02 Å². The standard InChI is InChI=1S/C20H20ClN3O3S/c1-14-4-2-5-15(12-14)18-19(25)23-20(22-18)8-10-24(11-9-20)28(26,27)17-7-3-6-16(21)13-17/h2-7,12-13H,8-11H2,1H3,(H,23,25). The van der Waals surface area contributed by atoms with E-state index >= 15 is 0 Å². The predicted octanol–water partition coefficient (Wildman–Crippen LogP) is 2.75. The number of nitrogens with one attached hydrogen (secondary N) is 1. The summed E-state index contributed by atoms with van der Waals surface area (Å²) in [6.45, 7) is 2.52. The van der Waals surface area contributed by atoms with E-state index in [2.05, 4.69) is 10.3 Å². The minimum Gasteiger partial charge on any atom is -0.326 e. The first-order valence-corrected chi connectivity index (χ1v) is 10.9. The molecule has 0 aromatic heterocycles. The fraction of sp³-hybridized carbons (Fsp3) is 0.300. The number of carbonyl (C=O) groups excluding carboxylic acids is 1. The van der Waals surface area contributed by atoms with Gasteiger partial charge in [-0.1, -0.05) is 41.4 Å². The maximum absolute atomic E-state index is 12.9. The molecule has 1 spiro atoms. The average Bonchev–Trinajstić information content (AvgIpc) is 2.98. The molecule has 4 rings (SSSR count). The summed E-state index contributed by atoms with van der Waals surface area (Å²) >= 11 is 5.94. The number of halogens is 1. The number of amides is 1. The topological polar surface area (TPSA) is 78.8 Å². The molecular formula is C20H20ClN3O3S. The van der Waals surface area contributed by atoms with Gasteiger partial charge in [-0.2, -0.15) is 4.31 Å². The highest BCUT2D eigenvalue weighted by molar-refractivity contribution is 7.89. The van der Waals surface area contributed by atoms with Crippen LogP contribution in [0.5, 0.6) is 0 Å². The minimum atomic E-state index is -3.63. The van der Waals surface area contributed by atoms with Gasteiger partial charge in [-0.15, -0.1) is 0 Å². The lowest BCUT2D eigenvalue weighted by atomic mass is 10.00. The number of benzene rings is 2. The second kappa shape index (κ2) is 6.99. The highest BCUT2D eigenvalue weighted by Gasteiger charge is 2.44. The molecule has 2 aromatic carbocycles.